The summed E-state index contributed by atoms with van der Waals surface area (Å²) in [6.07, 6.45) is 7.28. The summed E-state index contributed by atoms with van der Waals surface area (Å²) in [5.41, 5.74) is 0.801. The standard InChI is InChI=1S/C18H21NO5/c20-17(19-9-3-1-2-4-10-19)12-22-18(21)8-6-14-5-7-15-16(11-14)24-13-23-15/h5-8,11H,1-4,9-10,12-13H2/b8-6+. The predicted molar refractivity (Wildman–Crippen MR) is 87.6 cm³/mol. The van der Waals surface area contributed by atoms with Gasteiger partial charge in [0.05, 0.1) is 0 Å². The van der Waals surface area contributed by atoms with Gasteiger partial charge in [-0.05, 0) is 36.6 Å². The van der Waals surface area contributed by atoms with E-state index in [9.17, 15) is 9.59 Å². The summed E-state index contributed by atoms with van der Waals surface area (Å²) >= 11 is 0. The van der Waals surface area contributed by atoms with E-state index in [4.69, 9.17) is 14.2 Å². The summed E-state index contributed by atoms with van der Waals surface area (Å²) in [6.45, 7) is 1.51. The van der Waals surface area contributed by atoms with Crippen LogP contribution in [0.1, 0.15) is 31.2 Å². The Bertz CT molecular complexity index is 632. The first kappa shape index (κ1) is 16.4. The fraction of sp³-hybridized carbons (Fsp3) is 0.444. The van der Waals surface area contributed by atoms with Gasteiger partial charge in [0, 0.05) is 19.2 Å². The number of fused-ring (bicyclic) bond motifs is 1. The van der Waals surface area contributed by atoms with Crippen LogP contribution in [-0.4, -0.2) is 43.3 Å². The van der Waals surface area contributed by atoms with E-state index >= 15 is 0 Å². The zero-order chi connectivity index (χ0) is 16.8. The summed E-state index contributed by atoms with van der Waals surface area (Å²) in [7, 11) is 0. The van der Waals surface area contributed by atoms with Gasteiger partial charge in [-0.25, -0.2) is 4.79 Å². The van der Waals surface area contributed by atoms with Gasteiger partial charge in [-0.3, -0.25) is 4.79 Å². The highest BCUT2D eigenvalue weighted by atomic mass is 16.7. The molecule has 24 heavy (non-hydrogen) atoms. The average Bonchev–Trinajstić information content (AvgIpc) is 2.89. The van der Waals surface area contributed by atoms with Gasteiger partial charge < -0.3 is 19.1 Å². The first-order valence-corrected chi connectivity index (χ1v) is 8.24. The fourth-order valence-electron chi connectivity index (χ4n) is 2.77. The van der Waals surface area contributed by atoms with E-state index in [-0.39, 0.29) is 19.3 Å². The van der Waals surface area contributed by atoms with Crippen LogP contribution in [0.3, 0.4) is 0 Å². The van der Waals surface area contributed by atoms with Crippen LogP contribution in [0.15, 0.2) is 24.3 Å². The van der Waals surface area contributed by atoms with E-state index in [1.54, 1.807) is 23.1 Å². The second-order valence-corrected chi connectivity index (χ2v) is 5.85. The van der Waals surface area contributed by atoms with Crippen LogP contribution in [0.5, 0.6) is 11.5 Å². The van der Waals surface area contributed by atoms with Crippen molar-refractivity contribution in [3.63, 3.8) is 0 Å². The van der Waals surface area contributed by atoms with Crippen molar-refractivity contribution in [2.24, 2.45) is 0 Å². The Morgan fingerprint density at radius 3 is 2.62 bits per heavy atom. The lowest BCUT2D eigenvalue weighted by molar-refractivity contribution is -0.148. The molecule has 2 heterocycles. The molecule has 0 saturated carbocycles. The monoisotopic (exact) mass is 331 g/mol. The van der Waals surface area contributed by atoms with Crippen molar-refractivity contribution in [1.29, 1.82) is 0 Å². The first-order valence-electron chi connectivity index (χ1n) is 8.24. The van der Waals surface area contributed by atoms with Gasteiger partial charge in [0.25, 0.3) is 5.91 Å². The Balaban J connectivity index is 1.47. The molecular formula is C18H21NO5. The molecule has 0 aliphatic carbocycles. The van der Waals surface area contributed by atoms with Gasteiger partial charge in [-0.2, -0.15) is 0 Å². The average molecular weight is 331 g/mol. The molecule has 3 rings (SSSR count). The van der Waals surface area contributed by atoms with Crippen molar-refractivity contribution in [3.05, 3.63) is 29.8 Å². The van der Waals surface area contributed by atoms with Gasteiger partial charge in [0.2, 0.25) is 6.79 Å². The molecule has 1 aromatic rings. The lowest BCUT2D eigenvalue weighted by Crippen LogP contribution is -2.35. The normalized spacial score (nSPS) is 16.9. The molecule has 2 aliphatic heterocycles. The van der Waals surface area contributed by atoms with Crippen LogP contribution < -0.4 is 9.47 Å². The van der Waals surface area contributed by atoms with Crippen LogP contribution in [0.25, 0.3) is 6.08 Å². The molecule has 6 nitrogen and oxygen atoms in total. The van der Waals surface area contributed by atoms with E-state index < -0.39 is 5.97 Å². The maximum absolute atomic E-state index is 12.1. The summed E-state index contributed by atoms with van der Waals surface area (Å²) in [4.78, 5) is 25.6. The van der Waals surface area contributed by atoms with Gasteiger partial charge in [0.1, 0.15) is 0 Å². The summed E-state index contributed by atoms with van der Waals surface area (Å²) < 4.78 is 15.5. The second-order valence-electron chi connectivity index (χ2n) is 5.85. The number of likely N-dealkylation sites (tertiary alicyclic amines) is 1. The molecule has 0 atom stereocenters. The first-order chi connectivity index (χ1) is 11.7. The third-order valence-electron chi connectivity index (χ3n) is 4.11. The van der Waals surface area contributed by atoms with Gasteiger partial charge >= 0.3 is 5.97 Å². The minimum Gasteiger partial charge on any atom is -0.454 e. The van der Waals surface area contributed by atoms with E-state index in [2.05, 4.69) is 0 Å². The number of rotatable bonds is 4. The molecule has 0 spiro atoms. The maximum atomic E-state index is 12.1. The van der Waals surface area contributed by atoms with Crippen LogP contribution in [0.4, 0.5) is 0 Å². The highest BCUT2D eigenvalue weighted by molar-refractivity contribution is 5.89. The lowest BCUT2D eigenvalue weighted by atomic mass is 10.2. The molecule has 0 aromatic heterocycles. The molecule has 1 fully saturated rings. The van der Waals surface area contributed by atoms with Crippen molar-refractivity contribution < 1.29 is 23.8 Å². The number of carbonyl (C=O) groups is 2. The lowest BCUT2D eigenvalue weighted by Gasteiger charge is -2.19. The van der Waals surface area contributed by atoms with E-state index in [0.29, 0.717) is 11.5 Å². The Labute approximate surface area is 141 Å². The minimum absolute atomic E-state index is 0.123. The number of ether oxygens (including phenoxy) is 3. The SMILES string of the molecule is O=C(/C=C/c1ccc2c(c1)OCO2)OCC(=O)N1CCCCCC1. The van der Waals surface area contributed by atoms with E-state index in [1.165, 1.54) is 6.08 Å². The predicted octanol–water partition coefficient (Wildman–Crippen LogP) is 2.37. The van der Waals surface area contributed by atoms with Crippen molar-refractivity contribution in [3.8, 4) is 11.5 Å². The van der Waals surface area contributed by atoms with Crippen molar-refractivity contribution in [2.45, 2.75) is 25.7 Å². The van der Waals surface area contributed by atoms with Crippen LogP contribution in [-0.2, 0) is 14.3 Å². The van der Waals surface area contributed by atoms with E-state index in [0.717, 1.165) is 44.3 Å². The summed E-state index contributed by atoms with van der Waals surface area (Å²) in [6, 6.07) is 5.39. The fourth-order valence-corrected chi connectivity index (χ4v) is 2.77. The van der Waals surface area contributed by atoms with Gasteiger partial charge in [0.15, 0.2) is 18.1 Å². The molecule has 1 aromatic carbocycles. The Morgan fingerprint density at radius 2 is 1.83 bits per heavy atom. The molecule has 0 bridgehead atoms. The van der Waals surface area contributed by atoms with Crippen LogP contribution >= 0.6 is 0 Å². The summed E-state index contributed by atoms with van der Waals surface area (Å²) in [5.74, 6) is 0.692. The number of esters is 1. The topological polar surface area (TPSA) is 65.1 Å². The number of amides is 1. The summed E-state index contributed by atoms with van der Waals surface area (Å²) in [5, 5.41) is 0. The number of carbonyl (C=O) groups excluding carboxylic acids is 2. The van der Waals surface area contributed by atoms with E-state index in [1.807, 2.05) is 6.07 Å². The number of hydrogen-bond acceptors (Lipinski definition) is 5. The highest BCUT2D eigenvalue weighted by Crippen LogP contribution is 2.32. The van der Waals surface area contributed by atoms with Crippen molar-refractivity contribution in [2.75, 3.05) is 26.5 Å². The third kappa shape index (κ3) is 4.28. The molecule has 6 heteroatoms. The van der Waals surface area contributed by atoms with Crippen molar-refractivity contribution >= 4 is 18.0 Å². The molecule has 2 aliphatic rings. The molecule has 1 amide bonds. The smallest absolute Gasteiger partial charge is 0.331 e. The quantitative estimate of drug-likeness (QED) is 0.626. The Kier molecular flexibility index (Phi) is 5.36. The molecule has 0 unspecified atom stereocenters. The third-order valence-corrected chi connectivity index (χ3v) is 4.11. The Hall–Kier alpha value is -2.50. The Morgan fingerprint density at radius 1 is 1.08 bits per heavy atom. The van der Waals surface area contributed by atoms with Gasteiger partial charge in [-0.1, -0.05) is 18.9 Å². The molecular weight excluding hydrogens is 310 g/mol. The van der Waals surface area contributed by atoms with Gasteiger partial charge in [-0.15, -0.1) is 0 Å². The molecule has 128 valence electrons. The maximum Gasteiger partial charge on any atom is 0.331 e. The minimum atomic E-state index is -0.532. The zero-order valence-electron chi connectivity index (χ0n) is 13.5. The largest absolute Gasteiger partial charge is 0.454 e. The molecule has 1 saturated heterocycles. The number of hydrogen-bond donors (Lipinski definition) is 0. The molecule has 0 N–H and O–H groups in total. The highest BCUT2D eigenvalue weighted by Gasteiger charge is 2.16. The number of benzene rings is 1. The van der Waals surface area contributed by atoms with Crippen LogP contribution in [0, 0.1) is 0 Å². The molecule has 0 radical (unpaired) electrons. The second kappa shape index (κ2) is 7.86. The zero-order valence-corrected chi connectivity index (χ0v) is 13.5. The number of nitrogens with zero attached hydrogens (tertiary/aromatic N) is 1. The van der Waals surface area contributed by atoms with Crippen LogP contribution in [0.2, 0.25) is 0 Å². The van der Waals surface area contributed by atoms with Crippen molar-refractivity contribution in [1.82, 2.24) is 4.90 Å².